The van der Waals surface area contributed by atoms with Crippen LogP contribution in [0, 0.1) is 12.7 Å². The van der Waals surface area contributed by atoms with Crippen molar-refractivity contribution < 1.29 is 19.0 Å². The molecule has 0 bridgehead atoms. The van der Waals surface area contributed by atoms with Gasteiger partial charge in [0.2, 0.25) is 0 Å². The third-order valence-corrected chi connectivity index (χ3v) is 2.31. The average molecular weight is 241 g/mol. The van der Waals surface area contributed by atoms with Crippen LogP contribution in [-0.4, -0.2) is 30.3 Å². The summed E-state index contributed by atoms with van der Waals surface area (Å²) in [5.74, 6) is -1.39. The van der Waals surface area contributed by atoms with E-state index < -0.39 is 17.8 Å². The number of rotatable bonds is 6. The van der Waals surface area contributed by atoms with Gasteiger partial charge >= 0.3 is 5.97 Å². The first kappa shape index (κ1) is 13.4. The van der Waals surface area contributed by atoms with Crippen molar-refractivity contribution >= 4 is 5.97 Å². The zero-order chi connectivity index (χ0) is 12.8. The van der Waals surface area contributed by atoms with Crippen LogP contribution in [0.2, 0.25) is 0 Å². The first-order chi connectivity index (χ1) is 8.06. The molecule has 1 rings (SSSR count). The van der Waals surface area contributed by atoms with Crippen molar-refractivity contribution in [1.82, 2.24) is 5.32 Å². The van der Waals surface area contributed by atoms with Gasteiger partial charge in [0.05, 0.1) is 0 Å². The van der Waals surface area contributed by atoms with E-state index in [1.54, 1.807) is 26.0 Å². The molecular weight excluding hydrogens is 225 g/mol. The lowest BCUT2D eigenvalue weighted by Gasteiger charge is -2.15. The summed E-state index contributed by atoms with van der Waals surface area (Å²) in [6.07, 6.45) is 0. The topological polar surface area (TPSA) is 58.6 Å². The summed E-state index contributed by atoms with van der Waals surface area (Å²) >= 11 is 0. The molecule has 94 valence electrons. The van der Waals surface area contributed by atoms with Crippen molar-refractivity contribution in [1.29, 1.82) is 0 Å². The number of aryl methyl sites for hydroxylation is 1. The third-order valence-electron chi connectivity index (χ3n) is 2.31. The standard InChI is InChI=1S/C12H16FNO3/c1-3-14-9(12(15)16)7-17-10-6-4-5-8(2)11(10)13/h4-6,9,14H,3,7H2,1-2H3,(H,15,16). The fourth-order valence-corrected chi connectivity index (χ4v) is 1.37. The minimum absolute atomic E-state index is 0.0779. The van der Waals surface area contributed by atoms with Crippen LogP contribution in [-0.2, 0) is 4.79 Å². The van der Waals surface area contributed by atoms with Crippen LogP contribution in [0.15, 0.2) is 18.2 Å². The second kappa shape index (κ2) is 6.20. The van der Waals surface area contributed by atoms with Crippen LogP contribution in [0.4, 0.5) is 4.39 Å². The summed E-state index contributed by atoms with van der Waals surface area (Å²) in [6.45, 7) is 3.82. The molecule has 4 nitrogen and oxygen atoms in total. The van der Waals surface area contributed by atoms with Gasteiger partial charge in [0, 0.05) is 0 Å². The average Bonchev–Trinajstić information content (AvgIpc) is 2.29. The van der Waals surface area contributed by atoms with Crippen LogP contribution >= 0.6 is 0 Å². The summed E-state index contributed by atoms with van der Waals surface area (Å²) in [5.41, 5.74) is 0.470. The van der Waals surface area contributed by atoms with E-state index in [1.165, 1.54) is 6.07 Å². The maximum absolute atomic E-state index is 13.5. The van der Waals surface area contributed by atoms with Crippen molar-refractivity contribution in [2.45, 2.75) is 19.9 Å². The van der Waals surface area contributed by atoms with Crippen molar-refractivity contribution in [2.75, 3.05) is 13.2 Å². The Bertz CT molecular complexity index is 395. The number of hydrogen-bond acceptors (Lipinski definition) is 3. The molecule has 0 heterocycles. The number of hydrogen-bond donors (Lipinski definition) is 2. The van der Waals surface area contributed by atoms with Gasteiger partial charge < -0.3 is 15.2 Å². The molecule has 0 radical (unpaired) electrons. The van der Waals surface area contributed by atoms with E-state index in [2.05, 4.69) is 5.32 Å². The van der Waals surface area contributed by atoms with Crippen molar-refractivity contribution in [2.24, 2.45) is 0 Å². The number of halogens is 1. The Morgan fingerprint density at radius 2 is 2.29 bits per heavy atom. The van der Waals surface area contributed by atoms with E-state index in [9.17, 15) is 9.18 Å². The van der Waals surface area contributed by atoms with E-state index in [4.69, 9.17) is 9.84 Å². The molecule has 1 atom stereocenters. The number of carboxylic acids is 1. The summed E-state index contributed by atoms with van der Waals surface area (Å²) in [4.78, 5) is 10.8. The highest BCUT2D eigenvalue weighted by atomic mass is 19.1. The van der Waals surface area contributed by atoms with Crippen molar-refractivity contribution in [3.05, 3.63) is 29.6 Å². The maximum Gasteiger partial charge on any atom is 0.324 e. The zero-order valence-corrected chi connectivity index (χ0v) is 9.87. The van der Waals surface area contributed by atoms with E-state index in [0.717, 1.165) is 0 Å². The molecule has 2 N–H and O–H groups in total. The number of carboxylic acid groups (broad SMARTS) is 1. The SMILES string of the molecule is CCNC(COc1cccc(C)c1F)C(=O)O. The lowest BCUT2D eigenvalue weighted by Crippen LogP contribution is -2.41. The number of aliphatic carboxylic acids is 1. The second-order valence-electron chi connectivity index (χ2n) is 3.65. The van der Waals surface area contributed by atoms with Crippen LogP contribution in [0.1, 0.15) is 12.5 Å². The molecule has 1 unspecified atom stereocenters. The first-order valence-corrected chi connectivity index (χ1v) is 5.40. The van der Waals surface area contributed by atoms with Gasteiger partial charge in [-0.3, -0.25) is 4.79 Å². The number of benzene rings is 1. The maximum atomic E-state index is 13.5. The molecule has 0 saturated carbocycles. The summed E-state index contributed by atoms with van der Waals surface area (Å²) in [5, 5.41) is 11.6. The lowest BCUT2D eigenvalue weighted by atomic mass is 10.2. The molecule has 0 saturated heterocycles. The predicted octanol–water partition coefficient (Wildman–Crippen LogP) is 1.58. The molecule has 0 aliphatic rings. The van der Waals surface area contributed by atoms with Gasteiger partial charge in [-0.2, -0.15) is 0 Å². The minimum atomic E-state index is -1.01. The monoisotopic (exact) mass is 241 g/mol. The van der Waals surface area contributed by atoms with E-state index in [1.807, 2.05) is 0 Å². The molecule has 0 amide bonds. The summed E-state index contributed by atoms with van der Waals surface area (Å²) in [6, 6.07) is 3.94. The van der Waals surface area contributed by atoms with Gasteiger partial charge in [0.1, 0.15) is 12.6 Å². The smallest absolute Gasteiger partial charge is 0.324 e. The van der Waals surface area contributed by atoms with Gasteiger partial charge in [0.25, 0.3) is 0 Å². The van der Waals surface area contributed by atoms with Gasteiger partial charge in [-0.25, -0.2) is 4.39 Å². The number of nitrogens with one attached hydrogen (secondary N) is 1. The zero-order valence-electron chi connectivity index (χ0n) is 9.87. The lowest BCUT2D eigenvalue weighted by molar-refractivity contribution is -0.140. The molecular formula is C12H16FNO3. The molecule has 5 heteroatoms. The molecule has 0 aromatic heterocycles. The molecule has 0 aliphatic carbocycles. The second-order valence-corrected chi connectivity index (χ2v) is 3.65. The Hall–Kier alpha value is -1.62. The fourth-order valence-electron chi connectivity index (χ4n) is 1.37. The highest BCUT2D eigenvalue weighted by molar-refractivity contribution is 5.73. The van der Waals surface area contributed by atoms with Crippen molar-refractivity contribution in [3.63, 3.8) is 0 Å². The Kier molecular flexibility index (Phi) is 4.90. The fraction of sp³-hybridized carbons (Fsp3) is 0.417. The van der Waals surface area contributed by atoms with E-state index in [-0.39, 0.29) is 12.4 Å². The summed E-state index contributed by atoms with van der Waals surface area (Å²) in [7, 11) is 0. The third kappa shape index (κ3) is 3.71. The number of carbonyl (C=O) groups is 1. The van der Waals surface area contributed by atoms with Crippen LogP contribution in [0.25, 0.3) is 0 Å². The quantitative estimate of drug-likeness (QED) is 0.793. The van der Waals surface area contributed by atoms with Gasteiger partial charge in [0.15, 0.2) is 11.6 Å². The van der Waals surface area contributed by atoms with Gasteiger partial charge in [-0.1, -0.05) is 19.1 Å². The van der Waals surface area contributed by atoms with E-state index in [0.29, 0.717) is 12.1 Å². The Labute approximate surface area is 99.4 Å². The van der Waals surface area contributed by atoms with E-state index >= 15 is 0 Å². The molecule has 0 fully saturated rings. The van der Waals surface area contributed by atoms with Crippen LogP contribution in [0.3, 0.4) is 0 Å². The summed E-state index contributed by atoms with van der Waals surface area (Å²) < 4.78 is 18.7. The normalized spacial score (nSPS) is 12.2. The minimum Gasteiger partial charge on any atom is -0.488 e. The molecule has 17 heavy (non-hydrogen) atoms. The Morgan fingerprint density at radius 1 is 1.59 bits per heavy atom. The van der Waals surface area contributed by atoms with Crippen molar-refractivity contribution in [3.8, 4) is 5.75 Å². The largest absolute Gasteiger partial charge is 0.488 e. The molecule has 0 aliphatic heterocycles. The van der Waals surface area contributed by atoms with Crippen LogP contribution in [0.5, 0.6) is 5.75 Å². The van der Waals surface area contributed by atoms with Crippen LogP contribution < -0.4 is 10.1 Å². The first-order valence-electron chi connectivity index (χ1n) is 5.40. The van der Waals surface area contributed by atoms with Gasteiger partial charge in [-0.05, 0) is 25.1 Å². The highest BCUT2D eigenvalue weighted by Crippen LogP contribution is 2.19. The molecule has 0 spiro atoms. The highest BCUT2D eigenvalue weighted by Gasteiger charge is 2.17. The number of ether oxygens (including phenoxy) is 1. The Morgan fingerprint density at radius 3 is 2.88 bits per heavy atom. The Balaban J connectivity index is 2.65. The molecule has 1 aromatic carbocycles. The van der Waals surface area contributed by atoms with Gasteiger partial charge in [-0.15, -0.1) is 0 Å². The molecule has 1 aromatic rings. The number of likely N-dealkylation sites (N-methyl/N-ethyl adjacent to an activating group) is 1. The predicted molar refractivity (Wildman–Crippen MR) is 61.7 cm³/mol.